The number of carbonyl (C=O) groups excluding carboxylic acids is 3. The summed E-state index contributed by atoms with van der Waals surface area (Å²) in [5, 5.41) is 35.6. The molecule has 0 aromatic heterocycles. The van der Waals surface area contributed by atoms with Gasteiger partial charge in [0.25, 0.3) is 5.69 Å². The fraction of sp³-hybridized carbons (Fsp3) is 0.621. The Labute approximate surface area is 230 Å². The van der Waals surface area contributed by atoms with E-state index in [1.54, 1.807) is 0 Å². The summed E-state index contributed by atoms with van der Waals surface area (Å²) in [7, 11) is 0. The molecular formula is C29H33NO10. The molecule has 6 fully saturated rings. The number of ether oxygens (including phenoxy) is 3. The number of Topliss-reactive ketones (excluding diaryl/α,β-unsaturated/α-hetero) is 1. The highest BCUT2D eigenvalue weighted by molar-refractivity contribution is 6.05. The van der Waals surface area contributed by atoms with E-state index < -0.39 is 80.7 Å². The molecule has 2 spiro atoms. The van der Waals surface area contributed by atoms with Crippen molar-refractivity contribution < 1.29 is 43.7 Å². The lowest BCUT2D eigenvalue weighted by Gasteiger charge is -2.74. The van der Waals surface area contributed by atoms with Crippen molar-refractivity contribution in [3.63, 3.8) is 0 Å². The van der Waals surface area contributed by atoms with Crippen LogP contribution in [0.4, 0.5) is 5.69 Å². The van der Waals surface area contributed by atoms with Crippen molar-refractivity contribution in [2.75, 3.05) is 6.61 Å². The van der Waals surface area contributed by atoms with Crippen LogP contribution in [-0.4, -0.2) is 63.6 Å². The van der Waals surface area contributed by atoms with E-state index in [2.05, 4.69) is 6.58 Å². The minimum absolute atomic E-state index is 0.0466. The quantitative estimate of drug-likeness (QED) is 0.244. The summed E-state index contributed by atoms with van der Waals surface area (Å²) < 4.78 is 18.0. The molecule has 214 valence electrons. The Balaban J connectivity index is 1.52. The van der Waals surface area contributed by atoms with E-state index in [4.69, 9.17) is 14.2 Å². The number of nitro groups is 1. The Morgan fingerprint density at radius 2 is 1.93 bits per heavy atom. The lowest BCUT2D eigenvalue weighted by molar-refractivity contribution is -0.457. The first kappa shape index (κ1) is 27.0. The van der Waals surface area contributed by atoms with Gasteiger partial charge in [0.15, 0.2) is 5.78 Å². The largest absolute Gasteiger partial charge is 0.462 e. The summed E-state index contributed by atoms with van der Waals surface area (Å²) in [6, 6.07) is 5.05. The second-order valence-corrected chi connectivity index (χ2v) is 12.7. The number of benzene rings is 1. The molecule has 1 unspecified atom stereocenters. The maximum Gasteiger partial charge on any atom is 0.338 e. The predicted molar refractivity (Wildman–Crippen MR) is 136 cm³/mol. The SMILES string of the molecule is C=C1C(=O)[C@]23[C@H](OC(=O)c4cccc([N+](=O)[O-])c4)[C@H]1CC[C@H]2[C@@]12CO[C@@]3(O)[C@@H](O)[C@@H]1C(C)(C)CCC2OC(C)=O. The average molecular weight is 556 g/mol. The molecule has 0 radical (unpaired) electrons. The van der Waals surface area contributed by atoms with Crippen LogP contribution >= 0.6 is 0 Å². The summed E-state index contributed by atoms with van der Waals surface area (Å²) in [5.74, 6) is -6.25. The van der Waals surface area contributed by atoms with Crippen molar-refractivity contribution in [1.82, 2.24) is 0 Å². The van der Waals surface area contributed by atoms with Gasteiger partial charge in [-0.1, -0.05) is 26.5 Å². The van der Waals surface area contributed by atoms with Crippen molar-refractivity contribution in [2.24, 2.45) is 34.0 Å². The lowest BCUT2D eigenvalue weighted by Crippen LogP contribution is -2.86. The topological polar surface area (TPSA) is 162 Å². The molecule has 2 N–H and O–H groups in total. The normalized spacial score (nSPS) is 42.5. The minimum atomic E-state index is -2.40. The van der Waals surface area contributed by atoms with Gasteiger partial charge in [0.2, 0.25) is 5.79 Å². The van der Waals surface area contributed by atoms with Gasteiger partial charge < -0.3 is 24.4 Å². The molecule has 0 amide bonds. The predicted octanol–water partition coefficient (Wildman–Crippen LogP) is 2.72. The number of rotatable bonds is 4. The number of nitrogens with zero attached hydrogens (tertiary/aromatic N) is 1. The van der Waals surface area contributed by atoms with Crippen LogP contribution in [0.25, 0.3) is 0 Å². The second-order valence-electron chi connectivity index (χ2n) is 12.7. The summed E-state index contributed by atoms with van der Waals surface area (Å²) >= 11 is 0. The molecule has 40 heavy (non-hydrogen) atoms. The highest BCUT2D eigenvalue weighted by Gasteiger charge is 2.88. The smallest absolute Gasteiger partial charge is 0.338 e. The van der Waals surface area contributed by atoms with Crippen molar-refractivity contribution in [1.29, 1.82) is 0 Å². The summed E-state index contributed by atoms with van der Waals surface area (Å²) in [4.78, 5) is 50.6. The Morgan fingerprint density at radius 3 is 2.60 bits per heavy atom. The number of hydrogen-bond donors (Lipinski definition) is 2. The first-order valence-corrected chi connectivity index (χ1v) is 13.6. The Hall–Kier alpha value is -3.15. The van der Waals surface area contributed by atoms with E-state index >= 15 is 0 Å². The van der Waals surface area contributed by atoms with E-state index in [-0.39, 0.29) is 23.4 Å². The van der Waals surface area contributed by atoms with Crippen molar-refractivity contribution >= 4 is 23.4 Å². The molecule has 7 rings (SSSR count). The van der Waals surface area contributed by atoms with Crippen LogP contribution in [0.15, 0.2) is 36.4 Å². The number of aliphatic hydroxyl groups excluding tert-OH is 1. The van der Waals surface area contributed by atoms with Crippen molar-refractivity contribution in [3.05, 3.63) is 52.1 Å². The van der Waals surface area contributed by atoms with Crippen molar-refractivity contribution in [2.45, 2.75) is 70.6 Å². The molecule has 9 atom stereocenters. The molecular weight excluding hydrogens is 522 g/mol. The molecule has 4 aliphatic carbocycles. The Kier molecular flexibility index (Phi) is 5.70. The Morgan fingerprint density at radius 1 is 1.20 bits per heavy atom. The van der Waals surface area contributed by atoms with Gasteiger partial charge in [0, 0.05) is 36.3 Å². The number of carbonyl (C=O) groups is 3. The second kappa shape index (κ2) is 8.43. The zero-order chi connectivity index (χ0) is 29.0. The third-order valence-electron chi connectivity index (χ3n) is 10.7. The molecule has 11 nitrogen and oxygen atoms in total. The number of aliphatic hydroxyl groups is 2. The Bertz CT molecular complexity index is 1360. The van der Waals surface area contributed by atoms with Gasteiger partial charge in [-0.2, -0.15) is 0 Å². The monoisotopic (exact) mass is 555 g/mol. The zero-order valence-electron chi connectivity index (χ0n) is 22.6. The summed E-state index contributed by atoms with van der Waals surface area (Å²) in [6.45, 7) is 9.25. The third kappa shape index (κ3) is 3.08. The average Bonchev–Trinajstić information content (AvgIpc) is 3.01. The van der Waals surface area contributed by atoms with E-state index in [1.165, 1.54) is 25.1 Å². The molecule has 1 aromatic carbocycles. The molecule has 2 aliphatic heterocycles. The molecule has 2 saturated heterocycles. The zero-order valence-corrected chi connectivity index (χ0v) is 22.6. The van der Waals surface area contributed by atoms with Gasteiger partial charge in [-0.15, -0.1) is 0 Å². The molecule has 6 aliphatic rings. The van der Waals surface area contributed by atoms with Gasteiger partial charge in [-0.25, -0.2) is 4.79 Å². The van der Waals surface area contributed by atoms with Gasteiger partial charge >= 0.3 is 11.9 Å². The molecule has 2 heterocycles. The van der Waals surface area contributed by atoms with Crippen LogP contribution in [-0.2, 0) is 23.8 Å². The highest BCUT2D eigenvalue weighted by Crippen LogP contribution is 2.77. The van der Waals surface area contributed by atoms with Crippen LogP contribution in [0, 0.1) is 44.1 Å². The number of hydrogen-bond acceptors (Lipinski definition) is 10. The molecule has 4 bridgehead atoms. The standard InChI is InChI=1S/C29H33NO10/c1-14-18-8-9-19-27-13-38-29(35,23(33)21(27)26(3,4)11-10-20(27)39-15(2)31)28(19,22(14)32)24(18)40-25(34)16-6-5-7-17(12-16)30(36)37/h5-7,12,18-21,23-24,33,35H,1,8-11,13H2,2-4H3/t18-,19-,20?,21+,23-,24+,27+,28-,29-/m0/s1. The van der Waals surface area contributed by atoms with Crippen LogP contribution in [0.1, 0.15) is 56.8 Å². The van der Waals surface area contributed by atoms with Crippen LogP contribution in [0.3, 0.4) is 0 Å². The van der Waals surface area contributed by atoms with Gasteiger partial charge in [-0.05, 0) is 48.7 Å². The van der Waals surface area contributed by atoms with E-state index in [9.17, 15) is 34.7 Å². The summed E-state index contributed by atoms with van der Waals surface area (Å²) in [6.07, 6.45) is -1.58. The van der Waals surface area contributed by atoms with Crippen LogP contribution in [0.5, 0.6) is 0 Å². The number of fused-ring (bicyclic) bond motifs is 2. The fourth-order valence-corrected chi connectivity index (χ4v) is 9.31. The van der Waals surface area contributed by atoms with Crippen LogP contribution in [0.2, 0.25) is 0 Å². The summed E-state index contributed by atoms with van der Waals surface area (Å²) in [5.41, 5.74) is -3.67. The lowest BCUT2D eigenvalue weighted by atomic mass is 9.35. The van der Waals surface area contributed by atoms with E-state index in [0.29, 0.717) is 25.7 Å². The van der Waals surface area contributed by atoms with Gasteiger partial charge in [0.05, 0.1) is 17.1 Å². The molecule has 11 heteroatoms. The van der Waals surface area contributed by atoms with Gasteiger partial charge in [0.1, 0.15) is 23.7 Å². The fourth-order valence-electron chi connectivity index (χ4n) is 9.31. The van der Waals surface area contributed by atoms with E-state index in [1.807, 2.05) is 13.8 Å². The first-order chi connectivity index (χ1) is 18.7. The maximum absolute atomic E-state index is 14.3. The van der Waals surface area contributed by atoms with E-state index in [0.717, 1.165) is 6.07 Å². The van der Waals surface area contributed by atoms with Crippen LogP contribution < -0.4 is 0 Å². The number of non-ortho nitro benzene ring substituents is 1. The van der Waals surface area contributed by atoms with Crippen molar-refractivity contribution in [3.8, 4) is 0 Å². The van der Waals surface area contributed by atoms with Gasteiger partial charge in [-0.3, -0.25) is 19.7 Å². The molecule has 1 aromatic rings. The maximum atomic E-state index is 14.3. The number of nitro benzene ring substituents is 1. The minimum Gasteiger partial charge on any atom is -0.462 e. The first-order valence-electron chi connectivity index (χ1n) is 13.6. The number of esters is 2. The number of ketones is 1. The third-order valence-corrected chi connectivity index (χ3v) is 10.7. The molecule has 4 saturated carbocycles. The highest BCUT2D eigenvalue weighted by atomic mass is 16.7.